The highest BCUT2D eigenvalue weighted by atomic mass is 16.4. The lowest BCUT2D eigenvalue weighted by Crippen LogP contribution is -2.12. The van der Waals surface area contributed by atoms with Crippen LogP contribution in [0.3, 0.4) is 0 Å². The number of phenols is 2. The van der Waals surface area contributed by atoms with Gasteiger partial charge in [0, 0.05) is 0 Å². The van der Waals surface area contributed by atoms with Gasteiger partial charge in [-0.15, -0.1) is 0 Å². The lowest BCUT2D eigenvalue weighted by Gasteiger charge is -2.09. The summed E-state index contributed by atoms with van der Waals surface area (Å²) in [4.78, 5) is 10.6. The third-order valence-electron chi connectivity index (χ3n) is 2.30. The quantitative estimate of drug-likeness (QED) is 0.663. The largest absolute Gasteiger partial charge is 0.504 e. The normalized spacial score (nSPS) is 12.4. The molecule has 0 bridgehead atoms. The summed E-state index contributed by atoms with van der Waals surface area (Å²) in [7, 11) is 0. The van der Waals surface area contributed by atoms with Crippen LogP contribution in [0.15, 0.2) is 12.1 Å². The molecule has 0 saturated carbocycles. The first-order chi connectivity index (χ1) is 6.91. The maximum absolute atomic E-state index is 10.6. The fourth-order valence-corrected chi connectivity index (χ4v) is 1.39. The van der Waals surface area contributed by atoms with Gasteiger partial charge in [0.25, 0.3) is 0 Å². The molecule has 1 atom stereocenters. The summed E-state index contributed by atoms with van der Waals surface area (Å²) in [6.45, 7) is 3.26. The third kappa shape index (κ3) is 2.62. The second kappa shape index (κ2) is 4.21. The SMILES string of the molecule is Cc1cc(CC(C)C(=O)O)cc(O)c1O. The number of benzene rings is 1. The Morgan fingerprint density at radius 3 is 2.47 bits per heavy atom. The van der Waals surface area contributed by atoms with Crippen LogP contribution in [0.5, 0.6) is 11.5 Å². The van der Waals surface area contributed by atoms with Gasteiger partial charge in [-0.1, -0.05) is 13.0 Å². The number of rotatable bonds is 3. The molecule has 1 aromatic carbocycles. The number of aliphatic carboxylic acids is 1. The highest BCUT2D eigenvalue weighted by molar-refractivity contribution is 5.70. The number of carbonyl (C=O) groups is 1. The van der Waals surface area contributed by atoms with Crippen molar-refractivity contribution < 1.29 is 20.1 Å². The molecule has 82 valence electrons. The van der Waals surface area contributed by atoms with E-state index >= 15 is 0 Å². The van der Waals surface area contributed by atoms with Crippen LogP contribution < -0.4 is 0 Å². The van der Waals surface area contributed by atoms with Crippen molar-refractivity contribution in [2.75, 3.05) is 0 Å². The molecule has 0 heterocycles. The Balaban J connectivity index is 2.92. The fourth-order valence-electron chi connectivity index (χ4n) is 1.39. The van der Waals surface area contributed by atoms with Crippen LogP contribution in [0.25, 0.3) is 0 Å². The lowest BCUT2D eigenvalue weighted by atomic mass is 9.99. The Hall–Kier alpha value is -1.71. The van der Waals surface area contributed by atoms with Crippen LogP contribution >= 0.6 is 0 Å². The van der Waals surface area contributed by atoms with Crippen LogP contribution in [0.2, 0.25) is 0 Å². The minimum atomic E-state index is -0.875. The predicted octanol–water partition coefficient (Wildman–Crippen LogP) is 1.67. The zero-order chi connectivity index (χ0) is 11.6. The maximum atomic E-state index is 10.6. The van der Waals surface area contributed by atoms with Crippen molar-refractivity contribution in [1.82, 2.24) is 0 Å². The highest BCUT2D eigenvalue weighted by Gasteiger charge is 2.13. The number of aryl methyl sites for hydroxylation is 1. The van der Waals surface area contributed by atoms with Gasteiger partial charge >= 0.3 is 5.97 Å². The molecule has 0 fully saturated rings. The van der Waals surface area contributed by atoms with E-state index in [1.165, 1.54) is 6.07 Å². The molecule has 0 aliphatic rings. The number of hydrogen-bond donors (Lipinski definition) is 3. The third-order valence-corrected chi connectivity index (χ3v) is 2.30. The molecular weight excluding hydrogens is 196 g/mol. The Morgan fingerprint density at radius 2 is 2.00 bits per heavy atom. The van der Waals surface area contributed by atoms with Gasteiger partial charge in [-0.25, -0.2) is 0 Å². The molecule has 1 unspecified atom stereocenters. The van der Waals surface area contributed by atoms with Gasteiger partial charge in [0.15, 0.2) is 11.5 Å². The Bertz CT molecular complexity index is 361. The van der Waals surface area contributed by atoms with Crippen LogP contribution in [-0.4, -0.2) is 21.3 Å². The van der Waals surface area contributed by atoms with Gasteiger partial charge in [-0.05, 0) is 30.5 Å². The van der Waals surface area contributed by atoms with E-state index in [1.54, 1.807) is 19.9 Å². The van der Waals surface area contributed by atoms with Crippen molar-refractivity contribution in [2.24, 2.45) is 5.92 Å². The second-order valence-corrected chi connectivity index (χ2v) is 3.72. The van der Waals surface area contributed by atoms with Crippen molar-refractivity contribution in [3.05, 3.63) is 23.3 Å². The molecule has 3 N–H and O–H groups in total. The van der Waals surface area contributed by atoms with Crippen molar-refractivity contribution in [2.45, 2.75) is 20.3 Å². The smallest absolute Gasteiger partial charge is 0.306 e. The topological polar surface area (TPSA) is 77.8 Å². The summed E-state index contributed by atoms with van der Waals surface area (Å²) < 4.78 is 0. The molecule has 0 aromatic heterocycles. The van der Waals surface area contributed by atoms with Gasteiger partial charge in [0.1, 0.15) is 0 Å². The molecule has 0 aliphatic carbocycles. The molecular formula is C11H14O4. The van der Waals surface area contributed by atoms with Crippen molar-refractivity contribution in [1.29, 1.82) is 0 Å². The van der Waals surface area contributed by atoms with Crippen molar-refractivity contribution >= 4 is 5.97 Å². The van der Waals surface area contributed by atoms with E-state index in [9.17, 15) is 15.0 Å². The van der Waals surface area contributed by atoms with Gasteiger partial charge < -0.3 is 15.3 Å². The minimum absolute atomic E-state index is 0.151. The molecule has 0 radical (unpaired) electrons. The highest BCUT2D eigenvalue weighted by Crippen LogP contribution is 2.30. The molecule has 1 rings (SSSR count). The molecule has 0 amide bonds. The Labute approximate surface area is 87.8 Å². The lowest BCUT2D eigenvalue weighted by molar-refractivity contribution is -0.141. The van der Waals surface area contributed by atoms with Crippen molar-refractivity contribution in [3.63, 3.8) is 0 Å². The van der Waals surface area contributed by atoms with E-state index in [4.69, 9.17) is 5.11 Å². The van der Waals surface area contributed by atoms with Crippen molar-refractivity contribution in [3.8, 4) is 11.5 Å². The van der Waals surface area contributed by atoms with E-state index in [0.717, 1.165) is 0 Å². The molecule has 15 heavy (non-hydrogen) atoms. The summed E-state index contributed by atoms with van der Waals surface area (Å²) in [5, 5.41) is 27.4. The monoisotopic (exact) mass is 210 g/mol. The van der Waals surface area contributed by atoms with E-state index in [1.807, 2.05) is 0 Å². The number of carboxylic acids is 1. The average Bonchev–Trinajstić information content (AvgIpc) is 2.13. The molecule has 0 spiro atoms. The maximum Gasteiger partial charge on any atom is 0.306 e. The summed E-state index contributed by atoms with van der Waals surface area (Å²) in [6.07, 6.45) is 0.337. The molecule has 1 aromatic rings. The number of aromatic hydroxyl groups is 2. The molecule has 4 heteroatoms. The molecule has 4 nitrogen and oxygen atoms in total. The van der Waals surface area contributed by atoms with E-state index in [-0.39, 0.29) is 11.5 Å². The van der Waals surface area contributed by atoms with E-state index < -0.39 is 11.9 Å². The summed E-state index contributed by atoms with van der Waals surface area (Å²) in [5.74, 6) is -1.74. The van der Waals surface area contributed by atoms with Gasteiger partial charge in [0.2, 0.25) is 0 Å². The summed E-state index contributed by atoms with van der Waals surface area (Å²) >= 11 is 0. The van der Waals surface area contributed by atoms with Crippen LogP contribution in [0, 0.1) is 12.8 Å². The zero-order valence-corrected chi connectivity index (χ0v) is 8.69. The predicted molar refractivity (Wildman–Crippen MR) is 55.0 cm³/mol. The van der Waals surface area contributed by atoms with Gasteiger partial charge in [-0.3, -0.25) is 4.79 Å². The van der Waals surface area contributed by atoms with Crippen LogP contribution in [0.1, 0.15) is 18.1 Å². The van der Waals surface area contributed by atoms with Gasteiger partial charge in [0.05, 0.1) is 5.92 Å². The van der Waals surface area contributed by atoms with Crippen LogP contribution in [-0.2, 0) is 11.2 Å². The average molecular weight is 210 g/mol. The number of carboxylic acid groups (broad SMARTS) is 1. The minimum Gasteiger partial charge on any atom is -0.504 e. The summed E-state index contributed by atoms with van der Waals surface area (Å²) in [5.41, 5.74) is 1.25. The molecule has 0 saturated heterocycles. The Kier molecular flexibility index (Phi) is 3.19. The first-order valence-corrected chi connectivity index (χ1v) is 4.66. The number of hydrogen-bond acceptors (Lipinski definition) is 3. The molecule has 0 aliphatic heterocycles. The standard InChI is InChI=1S/C11H14O4/c1-6-3-8(4-7(2)11(14)15)5-9(12)10(6)13/h3,5,7,12-13H,4H2,1-2H3,(H,14,15). The Morgan fingerprint density at radius 1 is 1.40 bits per heavy atom. The second-order valence-electron chi connectivity index (χ2n) is 3.72. The zero-order valence-electron chi connectivity index (χ0n) is 8.69. The number of phenolic OH excluding ortho intramolecular Hbond substituents is 2. The summed E-state index contributed by atoms with van der Waals surface area (Å²) in [6, 6.07) is 3.07. The fraction of sp³-hybridized carbons (Fsp3) is 0.364. The van der Waals surface area contributed by atoms with E-state index in [0.29, 0.717) is 17.5 Å². The van der Waals surface area contributed by atoms with Gasteiger partial charge in [-0.2, -0.15) is 0 Å². The van der Waals surface area contributed by atoms with E-state index in [2.05, 4.69) is 0 Å². The van der Waals surface area contributed by atoms with Crippen LogP contribution in [0.4, 0.5) is 0 Å². The first kappa shape index (κ1) is 11.4. The first-order valence-electron chi connectivity index (χ1n) is 4.66.